The van der Waals surface area contributed by atoms with Crippen molar-refractivity contribution in [3.8, 4) is 0 Å². The van der Waals surface area contributed by atoms with Crippen LogP contribution in [0.25, 0.3) is 0 Å². The number of thioether (sulfide) groups is 1. The van der Waals surface area contributed by atoms with E-state index in [1.165, 1.54) is 11.8 Å². The zero-order valence-electron chi connectivity index (χ0n) is 18.3. The molecule has 0 saturated heterocycles. The smallest absolute Gasteiger partial charge is 0.303 e. The van der Waals surface area contributed by atoms with Crippen LogP contribution in [-0.2, 0) is 47.7 Å². The molecule has 0 N–H and O–H groups in total. The topological polar surface area (TPSA) is 157 Å². The van der Waals surface area contributed by atoms with Gasteiger partial charge in [0.05, 0.1) is 0 Å². The van der Waals surface area contributed by atoms with Crippen molar-refractivity contribution in [2.75, 3.05) is 12.9 Å². The van der Waals surface area contributed by atoms with Crippen molar-refractivity contribution >= 4 is 52.9 Å². The summed E-state index contributed by atoms with van der Waals surface area (Å²) in [5.41, 5.74) is 0. The fraction of sp³-hybridized carbons (Fsp3) is 0.611. The first kappa shape index (κ1) is 27.3. The number of nitrogens with zero attached hydrogens (tertiary/aromatic N) is 2. The lowest BCUT2D eigenvalue weighted by molar-refractivity contribution is -0.203. The molecule has 0 aliphatic rings. The summed E-state index contributed by atoms with van der Waals surface area (Å²) < 4.78 is 26.6. The van der Waals surface area contributed by atoms with E-state index >= 15 is 0 Å². The third-order valence-electron chi connectivity index (χ3n) is 3.49. The van der Waals surface area contributed by atoms with Gasteiger partial charge in [-0.05, 0) is 6.26 Å². The molecular weight excluding hydrogens is 468 g/mol. The highest BCUT2D eigenvalue weighted by molar-refractivity contribution is 8.00. The Bertz CT molecular complexity index is 843. The Hall–Kier alpha value is -2.74. The molecule has 0 bridgehead atoms. The van der Waals surface area contributed by atoms with Gasteiger partial charge in [-0.15, -0.1) is 10.2 Å². The summed E-state index contributed by atoms with van der Waals surface area (Å²) in [6.45, 7) is 4.98. The van der Waals surface area contributed by atoms with E-state index in [0.717, 1.165) is 46.0 Å². The van der Waals surface area contributed by atoms with Gasteiger partial charge in [0.2, 0.25) is 0 Å². The van der Waals surface area contributed by atoms with Gasteiger partial charge in [0.25, 0.3) is 0 Å². The maximum absolute atomic E-state index is 11.9. The molecule has 0 radical (unpaired) electrons. The molecule has 178 valence electrons. The van der Waals surface area contributed by atoms with E-state index in [1.807, 2.05) is 0 Å². The predicted octanol–water partition coefficient (Wildman–Crippen LogP) is 1.22. The first-order valence-corrected chi connectivity index (χ1v) is 11.2. The molecule has 0 aliphatic heterocycles. The van der Waals surface area contributed by atoms with E-state index in [2.05, 4.69) is 10.2 Å². The van der Waals surface area contributed by atoms with Crippen LogP contribution in [-0.4, -0.2) is 71.2 Å². The third kappa shape index (κ3) is 9.18. The van der Waals surface area contributed by atoms with Crippen molar-refractivity contribution in [3.63, 3.8) is 0 Å². The fourth-order valence-electron chi connectivity index (χ4n) is 2.50. The second kappa shape index (κ2) is 13.0. The highest BCUT2D eigenvalue weighted by atomic mass is 32.2. The Balaban J connectivity index is 3.55. The minimum absolute atomic E-state index is 0.141. The van der Waals surface area contributed by atoms with Crippen LogP contribution in [0, 0.1) is 0 Å². The normalized spacial score (nSPS) is 14.3. The highest BCUT2D eigenvalue weighted by Gasteiger charge is 2.46. The standard InChI is InChI=1S/C18H24N2O10S2/c1-8(21)26-7-13(27-9(2)22)14(28-10(3)23)15(29-11(4)24)16(30-12(5)25)17-19-20-18(31-6)32-17/h13-16H,7H2,1-6H3/t13-,14+,15+,16-/m0/s1. The van der Waals surface area contributed by atoms with E-state index in [-0.39, 0.29) is 5.01 Å². The van der Waals surface area contributed by atoms with E-state index in [4.69, 9.17) is 23.7 Å². The van der Waals surface area contributed by atoms with Crippen LogP contribution in [0.2, 0.25) is 0 Å². The van der Waals surface area contributed by atoms with Gasteiger partial charge in [0.1, 0.15) is 6.61 Å². The van der Waals surface area contributed by atoms with Crippen molar-refractivity contribution in [1.82, 2.24) is 10.2 Å². The number of carbonyl (C=O) groups excluding carboxylic acids is 5. The van der Waals surface area contributed by atoms with Crippen LogP contribution < -0.4 is 0 Å². The predicted molar refractivity (Wildman–Crippen MR) is 109 cm³/mol. The molecule has 14 heteroatoms. The summed E-state index contributed by atoms with van der Waals surface area (Å²) in [6, 6.07) is 0. The molecule has 0 saturated carbocycles. The van der Waals surface area contributed by atoms with Gasteiger partial charge in [-0.3, -0.25) is 24.0 Å². The first-order chi connectivity index (χ1) is 14.9. The van der Waals surface area contributed by atoms with Gasteiger partial charge in [-0.2, -0.15) is 0 Å². The lowest BCUT2D eigenvalue weighted by Crippen LogP contribution is -2.50. The molecule has 1 aromatic heterocycles. The van der Waals surface area contributed by atoms with Crippen LogP contribution in [0.1, 0.15) is 45.7 Å². The average Bonchev–Trinajstić information content (AvgIpc) is 3.14. The third-order valence-corrected chi connectivity index (χ3v) is 5.45. The Morgan fingerprint density at radius 3 is 1.75 bits per heavy atom. The number of hydrogen-bond acceptors (Lipinski definition) is 14. The molecule has 0 amide bonds. The lowest BCUT2D eigenvalue weighted by atomic mass is 10.0. The van der Waals surface area contributed by atoms with Gasteiger partial charge in [0.15, 0.2) is 33.8 Å². The van der Waals surface area contributed by atoms with Gasteiger partial charge >= 0.3 is 29.8 Å². The maximum atomic E-state index is 11.9. The van der Waals surface area contributed by atoms with E-state index in [9.17, 15) is 24.0 Å². The van der Waals surface area contributed by atoms with Crippen LogP contribution in [0.5, 0.6) is 0 Å². The Kier molecular flexibility index (Phi) is 11.1. The minimum Gasteiger partial charge on any atom is -0.462 e. The Labute approximate surface area is 192 Å². The zero-order chi connectivity index (χ0) is 24.4. The first-order valence-electron chi connectivity index (χ1n) is 9.14. The molecule has 1 aromatic rings. The second-order valence-electron chi connectivity index (χ2n) is 6.24. The average molecular weight is 493 g/mol. The lowest BCUT2D eigenvalue weighted by Gasteiger charge is -2.34. The number of esters is 5. The largest absolute Gasteiger partial charge is 0.462 e. The zero-order valence-corrected chi connectivity index (χ0v) is 19.9. The minimum atomic E-state index is -1.52. The van der Waals surface area contributed by atoms with E-state index in [1.54, 1.807) is 6.26 Å². The summed E-state index contributed by atoms with van der Waals surface area (Å²) in [7, 11) is 0. The van der Waals surface area contributed by atoms with Crippen molar-refractivity contribution in [3.05, 3.63) is 5.01 Å². The number of aromatic nitrogens is 2. The summed E-state index contributed by atoms with van der Waals surface area (Å²) in [5.74, 6) is -3.87. The quantitative estimate of drug-likeness (QED) is 0.247. The van der Waals surface area contributed by atoms with Crippen molar-refractivity contribution < 1.29 is 47.7 Å². The van der Waals surface area contributed by atoms with E-state index < -0.39 is 60.9 Å². The van der Waals surface area contributed by atoms with Crippen molar-refractivity contribution in [2.45, 2.75) is 63.4 Å². The van der Waals surface area contributed by atoms with Gasteiger partial charge in [0, 0.05) is 34.6 Å². The number of hydrogen-bond donors (Lipinski definition) is 0. The Morgan fingerprint density at radius 2 is 1.31 bits per heavy atom. The molecule has 0 fully saturated rings. The molecule has 0 aliphatic carbocycles. The van der Waals surface area contributed by atoms with Crippen LogP contribution in [0.15, 0.2) is 4.34 Å². The fourth-order valence-corrected chi connectivity index (χ4v) is 3.85. The summed E-state index contributed by atoms with van der Waals surface area (Å²) >= 11 is 2.34. The molecule has 4 atom stereocenters. The molecular formula is C18H24N2O10S2. The van der Waals surface area contributed by atoms with Gasteiger partial charge in [-0.25, -0.2) is 0 Å². The summed E-state index contributed by atoms with van der Waals surface area (Å²) in [4.78, 5) is 58.6. The van der Waals surface area contributed by atoms with Crippen LogP contribution >= 0.6 is 23.1 Å². The molecule has 32 heavy (non-hydrogen) atoms. The van der Waals surface area contributed by atoms with E-state index in [0.29, 0.717) is 4.34 Å². The monoisotopic (exact) mass is 492 g/mol. The van der Waals surface area contributed by atoms with Gasteiger partial charge < -0.3 is 23.7 Å². The second-order valence-corrected chi connectivity index (χ2v) is 8.30. The summed E-state index contributed by atoms with van der Waals surface area (Å²) in [5, 5.41) is 8.05. The molecule has 1 heterocycles. The molecule has 12 nitrogen and oxygen atoms in total. The van der Waals surface area contributed by atoms with Crippen LogP contribution in [0.3, 0.4) is 0 Å². The number of carbonyl (C=O) groups is 5. The highest BCUT2D eigenvalue weighted by Crippen LogP contribution is 2.33. The molecule has 0 unspecified atom stereocenters. The van der Waals surface area contributed by atoms with Crippen molar-refractivity contribution in [1.29, 1.82) is 0 Å². The maximum Gasteiger partial charge on any atom is 0.303 e. The number of rotatable bonds is 11. The van der Waals surface area contributed by atoms with Crippen LogP contribution in [0.4, 0.5) is 0 Å². The molecule has 0 aromatic carbocycles. The SMILES string of the molecule is CSc1nnc([C@@H](OC(C)=O)[C@H](OC(C)=O)[C@H](OC(C)=O)[C@H](COC(C)=O)OC(C)=O)s1. The number of ether oxygens (including phenoxy) is 5. The summed E-state index contributed by atoms with van der Waals surface area (Å²) in [6.07, 6.45) is -4.04. The Morgan fingerprint density at radius 1 is 0.781 bits per heavy atom. The molecule has 0 spiro atoms. The van der Waals surface area contributed by atoms with Gasteiger partial charge in [-0.1, -0.05) is 23.1 Å². The van der Waals surface area contributed by atoms with Crippen molar-refractivity contribution in [2.24, 2.45) is 0 Å². The molecule has 1 rings (SSSR count).